The third kappa shape index (κ3) is 4.53. The van der Waals surface area contributed by atoms with Gasteiger partial charge in [-0.05, 0) is 49.2 Å². The molecule has 0 heterocycles. The van der Waals surface area contributed by atoms with Crippen molar-refractivity contribution in [1.29, 1.82) is 0 Å². The normalized spacial score (nSPS) is 10.2. The highest BCUT2D eigenvalue weighted by atomic mass is 16.5. The van der Waals surface area contributed by atoms with Gasteiger partial charge in [0.1, 0.15) is 0 Å². The summed E-state index contributed by atoms with van der Waals surface area (Å²) in [7, 11) is 4.62. The molecule has 0 radical (unpaired) electrons. The number of carbonyl (C=O) groups is 2. The van der Waals surface area contributed by atoms with Crippen LogP contribution in [0.5, 0.6) is 11.5 Å². The third-order valence-corrected chi connectivity index (χ3v) is 4.03. The second-order valence-electron chi connectivity index (χ2n) is 6.10. The molecule has 0 aliphatic heterocycles. The summed E-state index contributed by atoms with van der Waals surface area (Å²) in [6, 6.07) is 10.7. The Bertz CT molecular complexity index is 817. The molecular weight excluding hydrogens is 332 g/mol. The first kappa shape index (κ1) is 19.3. The lowest BCUT2D eigenvalue weighted by atomic mass is 10.1. The summed E-state index contributed by atoms with van der Waals surface area (Å²) in [5.74, 6) is 0.475. The number of amides is 2. The van der Waals surface area contributed by atoms with Crippen molar-refractivity contribution in [1.82, 2.24) is 4.90 Å². The summed E-state index contributed by atoms with van der Waals surface area (Å²) in [5, 5.41) is 2.85. The van der Waals surface area contributed by atoms with Crippen LogP contribution < -0.4 is 14.8 Å². The number of nitrogens with zero attached hydrogens (tertiary/aromatic N) is 1. The highest BCUT2D eigenvalue weighted by Crippen LogP contribution is 2.28. The minimum absolute atomic E-state index is 0.0550. The molecule has 0 bridgehead atoms. The van der Waals surface area contributed by atoms with Crippen LogP contribution in [0.25, 0.3) is 0 Å². The van der Waals surface area contributed by atoms with Crippen LogP contribution in [-0.4, -0.2) is 44.5 Å². The first-order valence-electron chi connectivity index (χ1n) is 8.20. The average Bonchev–Trinajstić information content (AvgIpc) is 2.63. The van der Waals surface area contributed by atoms with Crippen LogP contribution in [0.1, 0.15) is 21.5 Å². The van der Waals surface area contributed by atoms with Crippen molar-refractivity contribution >= 4 is 17.5 Å². The molecule has 0 saturated heterocycles. The fraction of sp³-hybridized carbons (Fsp3) is 0.300. The smallest absolute Gasteiger partial charge is 0.254 e. The van der Waals surface area contributed by atoms with E-state index in [1.54, 1.807) is 25.2 Å². The summed E-state index contributed by atoms with van der Waals surface area (Å²) in [6.07, 6.45) is 0. The zero-order chi connectivity index (χ0) is 19.3. The van der Waals surface area contributed by atoms with Gasteiger partial charge in [-0.3, -0.25) is 9.59 Å². The van der Waals surface area contributed by atoms with Gasteiger partial charge >= 0.3 is 0 Å². The lowest BCUT2D eigenvalue weighted by Gasteiger charge is -2.18. The van der Waals surface area contributed by atoms with E-state index in [4.69, 9.17) is 9.47 Å². The predicted molar refractivity (Wildman–Crippen MR) is 101 cm³/mol. The fourth-order valence-electron chi connectivity index (χ4n) is 2.54. The van der Waals surface area contributed by atoms with Crippen LogP contribution in [-0.2, 0) is 4.79 Å². The maximum Gasteiger partial charge on any atom is 0.254 e. The zero-order valence-corrected chi connectivity index (χ0v) is 15.8. The molecular formula is C20H24N2O4. The van der Waals surface area contributed by atoms with Crippen LogP contribution in [0.4, 0.5) is 5.69 Å². The summed E-state index contributed by atoms with van der Waals surface area (Å²) in [6.45, 7) is 3.83. The van der Waals surface area contributed by atoms with Gasteiger partial charge in [-0.2, -0.15) is 0 Å². The molecule has 0 spiro atoms. The van der Waals surface area contributed by atoms with Gasteiger partial charge in [0.05, 0.1) is 20.8 Å². The standard InChI is InChI=1S/C20H24N2O4/c1-13-6-7-14(2)16(10-13)21-19(23)12-22(3)20(24)15-8-9-17(25-4)18(11-15)26-5/h6-11H,12H2,1-5H3,(H,21,23). The second-order valence-corrected chi connectivity index (χ2v) is 6.10. The van der Waals surface area contributed by atoms with Crippen molar-refractivity contribution in [2.24, 2.45) is 0 Å². The molecule has 0 aliphatic rings. The first-order valence-corrected chi connectivity index (χ1v) is 8.20. The van der Waals surface area contributed by atoms with E-state index < -0.39 is 0 Å². The molecule has 2 aromatic carbocycles. The minimum Gasteiger partial charge on any atom is -0.493 e. The Hall–Kier alpha value is -3.02. The SMILES string of the molecule is COc1ccc(C(=O)N(C)CC(=O)Nc2cc(C)ccc2C)cc1OC. The van der Waals surface area contributed by atoms with Gasteiger partial charge in [0.15, 0.2) is 11.5 Å². The number of hydrogen-bond acceptors (Lipinski definition) is 4. The minimum atomic E-state index is -0.276. The van der Waals surface area contributed by atoms with Gasteiger partial charge < -0.3 is 19.7 Å². The third-order valence-electron chi connectivity index (χ3n) is 4.03. The highest BCUT2D eigenvalue weighted by molar-refractivity contribution is 5.99. The van der Waals surface area contributed by atoms with Gasteiger partial charge in [0.2, 0.25) is 5.91 Å². The Balaban J connectivity index is 2.06. The zero-order valence-electron chi connectivity index (χ0n) is 15.8. The first-order chi connectivity index (χ1) is 12.3. The monoisotopic (exact) mass is 356 g/mol. The van der Waals surface area contributed by atoms with Crippen LogP contribution in [0, 0.1) is 13.8 Å². The molecule has 0 aliphatic carbocycles. The van der Waals surface area contributed by atoms with E-state index in [9.17, 15) is 9.59 Å². The molecule has 0 saturated carbocycles. The number of carbonyl (C=O) groups excluding carboxylic acids is 2. The highest BCUT2D eigenvalue weighted by Gasteiger charge is 2.17. The topological polar surface area (TPSA) is 67.9 Å². The second kappa shape index (κ2) is 8.38. The quantitative estimate of drug-likeness (QED) is 0.864. The van der Waals surface area contributed by atoms with E-state index in [-0.39, 0.29) is 18.4 Å². The van der Waals surface area contributed by atoms with Gasteiger partial charge in [-0.15, -0.1) is 0 Å². The molecule has 2 rings (SSSR count). The van der Waals surface area contributed by atoms with Crippen molar-refractivity contribution in [3.05, 3.63) is 53.1 Å². The van der Waals surface area contributed by atoms with E-state index in [1.165, 1.54) is 19.1 Å². The van der Waals surface area contributed by atoms with Crippen LogP contribution >= 0.6 is 0 Å². The van der Waals surface area contributed by atoms with E-state index in [2.05, 4.69) is 5.32 Å². The van der Waals surface area contributed by atoms with E-state index >= 15 is 0 Å². The maximum atomic E-state index is 12.6. The molecule has 1 N–H and O–H groups in total. The number of ether oxygens (including phenoxy) is 2. The van der Waals surface area contributed by atoms with Crippen molar-refractivity contribution < 1.29 is 19.1 Å². The molecule has 138 valence electrons. The predicted octanol–water partition coefficient (Wildman–Crippen LogP) is 3.03. The molecule has 0 fully saturated rings. The molecule has 2 aromatic rings. The number of likely N-dealkylation sites (N-methyl/N-ethyl adjacent to an activating group) is 1. The van der Waals surface area contributed by atoms with Gasteiger partial charge in [0.25, 0.3) is 5.91 Å². The number of anilines is 1. The van der Waals surface area contributed by atoms with Crippen LogP contribution in [0.2, 0.25) is 0 Å². The Morgan fingerprint density at radius 3 is 2.35 bits per heavy atom. The van der Waals surface area contributed by atoms with Crippen LogP contribution in [0.15, 0.2) is 36.4 Å². The molecule has 6 heteroatoms. The number of benzene rings is 2. The number of nitrogens with one attached hydrogen (secondary N) is 1. The van der Waals surface area contributed by atoms with E-state index in [1.807, 2.05) is 32.0 Å². The Morgan fingerprint density at radius 1 is 1.00 bits per heavy atom. The molecule has 2 amide bonds. The van der Waals surface area contributed by atoms with Gasteiger partial charge in [-0.25, -0.2) is 0 Å². The van der Waals surface area contributed by atoms with Gasteiger partial charge in [0, 0.05) is 18.3 Å². The lowest BCUT2D eigenvalue weighted by molar-refractivity contribution is -0.116. The largest absolute Gasteiger partial charge is 0.493 e. The Kier molecular flexibility index (Phi) is 6.22. The van der Waals surface area contributed by atoms with Crippen molar-refractivity contribution in [2.75, 3.05) is 33.1 Å². The molecule has 0 aromatic heterocycles. The van der Waals surface area contributed by atoms with Gasteiger partial charge in [-0.1, -0.05) is 12.1 Å². The van der Waals surface area contributed by atoms with Crippen molar-refractivity contribution in [3.63, 3.8) is 0 Å². The Labute approximate surface area is 153 Å². The molecule has 0 atom stereocenters. The average molecular weight is 356 g/mol. The summed E-state index contributed by atoms with van der Waals surface area (Å²) >= 11 is 0. The van der Waals surface area contributed by atoms with Crippen molar-refractivity contribution in [2.45, 2.75) is 13.8 Å². The van der Waals surface area contributed by atoms with Crippen LogP contribution in [0.3, 0.4) is 0 Å². The molecule has 6 nitrogen and oxygen atoms in total. The lowest BCUT2D eigenvalue weighted by Crippen LogP contribution is -2.35. The number of aryl methyl sites for hydroxylation is 2. The summed E-state index contributed by atoms with van der Waals surface area (Å²) in [4.78, 5) is 26.2. The Morgan fingerprint density at radius 2 is 1.69 bits per heavy atom. The maximum absolute atomic E-state index is 12.6. The molecule has 0 unspecified atom stereocenters. The molecule has 26 heavy (non-hydrogen) atoms. The fourth-order valence-corrected chi connectivity index (χ4v) is 2.54. The van der Waals surface area contributed by atoms with Crippen molar-refractivity contribution in [3.8, 4) is 11.5 Å². The number of methoxy groups -OCH3 is 2. The summed E-state index contributed by atoms with van der Waals surface area (Å²) in [5.41, 5.74) is 3.20. The van der Waals surface area contributed by atoms with E-state index in [0.29, 0.717) is 17.1 Å². The number of rotatable bonds is 6. The summed E-state index contributed by atoms with van der Waals surface area (Å²) < 4.78 is 10.4. The number of hydrogen-bond donors (Lipinski definition) is 1. The van der Waals surface area contributed by atoms with E-state index in [0.717, 1.165) is 16.8 Å².